The van der Waals surface area contributed by atoms with E-state index in [0.29, 0.717) is 19.0 Å². The maximum absolute atomic E-state index is 12.7. The Balaban J connectivity index is 2.04. The van der Waals surface area contributed by atoms with Gasteiger partial charge in [-0.05, 0) is 64.9 Å². The SMILES string of the molecule is COC(=O)C1(C)CCC(CN(Cc2ccccc2)C(=O)OC(C)(C)C)CC1. The Morgan fingerprint density at radius 3 is 2.26 bits per heavy atom. The van der Waals surface area contributed by atoms with E-state index in [0.717, 1.165) is 31.2 Å². The Kier molecular flexibility index (Phi) is 6.90. The summed E-state index contributed by atoms with van der Waals surface area (Å²) in [7, 11) is 1.45. The normalized spacial score (nSPS) is 22.8. The number of esters is 1. The molecular formula is C22H33NO4. The van der Waals surface area contributed by atoms with Crippen LogP contribution in [0.2, 0.25) is 0 Å². The molecule has 2 rings (SSSR count). The number of carbonyl (C=O) groups excluding carboxylic acids is 2. The van der Waals surface area contributed by atoms with Gasteiger partial charge in [0.25, 0.3) is 0 Å². The summed E-state index contributed by atoms with van der Waals surface area (Å²) < 4.78 is 10.6. The van der Waals surface area contributed by atoms with E-state index in [4.69, 9.17) is 9.47 Å². The highest BCUT2D eigenvalue weighted by molar-refractivity contribution is 5.76. The Bertz CT molecular complexity index is 627. The maximum atomic E-state index is 12.7. The van der Waals surface area contributed by atoms with Crippen molar-refractivity contribution in [2.24, 2.45) is 11.3 Å². The molecule has 0 radical (unpaired) electrons. The molecule has 0 unspecified atom stereocenters. The summed E-state index contributed by atoms with van der Waals surface area (Å²) in [5.41, 5.74) is 0.155. The van der Waals surface area contributed by atoms with Gasteiger partial charge in [0.15, 0.2) is 0 Å². The van der Waals surface area contributed by atoms with Gasteiger partial charge in [0.05, 0.1) is 12.5 Å². The van der Waals surface area contributed by atoms with Crippen LogP contribution >= 0.6 is 0 Å². The summed E-state index contributed by atoms with van der Waals surface area (Å²) in [6, 6.07) is 9.96. The molecule has 27 heavy (non-hydrogen) atoms. The number of hydrogen-bond donors (Lipinski definition) is 0. The number of hydrogen-bond acceptors (Lipinski definition) is 4. The monoisotopic (exact) mass is 375 g/mol. The van der Waals surface area contributed by atoms with Crippen LogP contribution in [0.3, 0.4) is 0 Å². The molecule has 150 valence electrons. The summed E-state index contributed by atoms with van der Waals surface area (Å²) in [4.78, 5) is 26.6. The number of benzene rings is 1. The second kappa shape index (κ2) is 8.77. The fourth-order valence-electron chi connectivity index (χ4n) is 3.59. The number of amides is 1. The molecule has 0 bridgehead atoms. The molecule has 0 heterocycles. The van der Waals surface area contributed by atoms with Gasteiger partial charge in [0.1, 0.15) is 5.60 Å². The van der Waals surface area contributed by atoms with E-state index in [1.807, 2.05) is 58.0 Å². The third-order valence-electron chi connectivity index (χ3n) is 5.23. The van der Waals surface area contributed by atoms with E-state index in [1.54, 1.807) is 4.90 Å². The highest BCUT2D eigenvalue weighted by atomic mass is 16.6. The molecule has 1 saturated carbocycles. The van der Waals surface area contributed by atoms with Gasteiger partial charge < -0.3 is 14.4 Å². The predicted octanol–water partition coefficient (Wildman–Crippen LogP) is 4.79. The minimum Gasteiger partial charge on any atom is -0.469 e. The molecular weight excluding hydrogens is 342 g/mol. The van der Waals surface area contributed by atoms with E-state index in [9.17, 15) is 9.59 Å². The fourth-order valence-corrected chi connectivity index (χ4v) is 3.59. The smallest absolute Gasteiger partial charge is 0.410 e. The topological polar surface area (TPSA) is 55.8 Å². The molecule has 5 nitrogen and oxygen atoms in total. The molecule has 1 aliphatic carbocycles. The first-order valence-electron chi connectivity index (χ1n) is 9.73. The van der Waals surface area contributed by atoms with Crippen LogP contribution in [0.25, 0.3) is 0 Å². The quantitative estimate of drug-likeness (QED) is 0.694. The lowest BCUT2D eigenvalue weighted by molar-refractivity contribution is -0.154. The Morgan fingerprint density at radius 2 is 1.74 bits per heavy atom. The Morgan fingerprint density at radius 1 is 1.15 bits per heavy atom. The van der Waals surface area contributed by atoms with Gasteiger partial charge in [-0.1, -0.05) is 30.3 Å². The zero-order valence-corrected chi connectivity index (χ0v) is 17.3. The first-order valence-corrected chi connectivity index (χ1v) is 9.73. The molecule has 1 aromatic carbocycles. The third-order valence-corrected chi connectivity index (χ3v) is 5.23. The molecule has 1 aliphatic rings. The second-order valence-electron chi connectivity index (χ2n) is 8.84. The van der Waals surface area contributed by atoms with Crippen LogP contribution in [-0.4, -0.2) is 36.2 Å². The number of carbonyl (C=O) groups is 2. The van der Waals surface area contributed by atoms with Crippen molar-refractivity contribution in [2.45, 2.75) is 65.5 Å². The maximum Gasteiger partial charge on any atom is 0.410 e. The van der Waals surface area contributed by atoms with Crippen LogP contribution < -0.4 is 0 Å². The molecule has 0 spiro atoms. The average Bonchev–Trinajstić information content (AvgIpc) is 2.61. The van der Waals surface area contributed by atoms with Crippen molar-refractivity contribution >= 4 is 12.1 Å². The number of ether oxygens (including phenoxy) is 2. The van der Waals surface area contributed by atoms with Crippen molar-refractivity contribution in [1.29, 1.82) is 0 Å². The standard InChI is InChI=1S/C22H33NO4/c1-21(2,3)27-20(25)23(15-17-9-7-6-8-10-17)16-18-11-13-22(4,14-12-18)19(24)26-5/h6-10,18H,11-16H2,1-5H3. The first-order chi connectivity index (χ1) is 12.6. The second-order valence-corrected chi connectivity index (χ2v) is 8.84. The van der Waals surface area contributed by atoms with Gasteiger partial charge in [-0.3, -0.25) is 4.79 Å². The lowest BCUT2D eigenvalue weighted by Crippen LogP contribution is -2.41. The van der Waals surface area contributed by atoms with Gasteiger partial charge in [-0.15, -0.1) is 0 Å². The Hall–Kier alpha value is -2.04. The Labute approximate surface area is 163 Å². The predicted molar refractivity (Wildman–Crippen MR) is 105 cm³/mol. The molecule has 5 heteroatoms. The minimum absolute atomic E-state index is 0.130. The van der Waals surface area contributed by atoms with E-state index in [1.165, 1.54) is 7.11 Å². The zero-order valence-electron chi connectivity index (χ0n) is 17.3. The van der Waals surface area contributed by atoms with Crippen LogP contribution in [0, 0.1) is 11.3 Å². The highest BCUT2D eigenvalue weighted by Gasteiger charge is 2.39. The molecule has 0 N–H and O–H groups in total. The molecule has 1 fully saturated rings. The highest BCUT2D eigenvalue weighted by Crippen LogP contribution is 2.40. The summed E-state index contributed by atoms with van der Waals surface area (Å²) >= 11 is 0. The van der Waals surface area contributed by atoms with Gasteiger partial charge >= 0.3 is 12.1 Å². The van der Waals surface area contributed by atoms with Crippen molar-refractivity contribution in [1.82, 2.24) is 4.90 Å². The van der Waals surface area contributed by atoms with Crippen LogP contribution in [0.5, 0.6) is 0 Å². The van der Waals surface area contributed by atoms with E-state index in [-0.39, 0.29) is 12.1 Å². The molecule has 1 amide bonds. The van der Waals surface area contributed by atoms with Gasteiger partial charge in [-0.25, -0.2) is 4.79 Å². The summed E-state index contributed by atoms with van der Waals surface area (Å²) in [5, 5.41) is 0. The number of rotatable bonds is 5. The van der Waals surface area contributed by atoms with Crippen LogP contribution in [-0.2, 0) is 20.8 Å². The van der Waals surface area contributed by atoms with Crippen LogP contribution in [0.15, 0.2) is 30.3 Å². The van der Waals surface area contributed by atoms with E-state index >= 15 is 0 Å². The van der Waals surface area contributed by atoms with Crippen molar-refractivity contribution in [3.05, 3.63) is 35.9 Å². The molecule has 1 aromatic rings. The van der Waals surface area contributed by atoms with Crippen molar-refractivity contribution in [3.63, 3.8) is 0 Å². The fraction of sp³-hybridized carbons (Fsp3) is 0.636. The third kappa shape index (κ3) is 6.26. The summed E-state index contributed by atoms with van der Waals surface area (Å²) in [5.74, 6) is 0.230. The molecule has 0 atom stereocenters. The van der Waals surface area contributed by atoms with E-state index < -0.39 is 11.0 Å². The van der Waals surface area contributed by atoms with Crippen molar-refractivity contribution < 1.29 is 19.1 Å². The van der Waals surface area contributed by atoms with Gasteiger partial charge in [-0.2, -0.15) is 0 Å². The molecule has 0 aromatic heterocycles. The van der Waals surface area contributed by atoms with Crippen molar-refractivity contribution in [2.75, 3.05) is 13.7 Å². The van der Waals surface area contributed by atoms with Crippen LogP contribution in [0.1, 0.15) is 58.9 Å². The molecule has 0 aliphatic heterocycles. The summed E-state index contributed by atoms with van der Waals surface area (Å²) in [6.07, 6.45) is 3.10. The first kappa shape index (κ1) is 21.3. The van der Waals surface area contributed by atoms with Crippen LogP contribution in [0.4, 0.5) is 4.79 Å². The largest absolute Gasteiger partial charge is 0.469 e. The average molecular weight is 376 g/mol. The molecule has 0 saturated heterocycles. The lowest BCUT2D eigenvalue weighted by atomic mass is 9.71. The minimum atomic E-state index is -0.526. The van der Waals surface area contributed by atoms with Gasteiger partial charge in [0, 0.05) is 13.1 Å². The number of methoxy groups -OCH3 is 1. The lowest BCUT2D eigenvalue weighted by Gasteiger charge is -2.37. The summed E-state index contributed by atoms with van der Waals surface area (Å²) in [6.45, 7) is 8.79. The van der Waals surface area contributed by atoms with Crippen molar-refractivity contribution in [3.8, 4) is 0 Å². The zero-order chi connectivity index (χ0) is 20.1. The van der Waals surface area contributed by atoms with E-state index in [2.05, 4.69) is 0 Å². The van der Waals surface area contributed by atoms with Gasteiger partial charge in [0.2, 0.25) is 0 Å². The number of nitrogens with zero attached hydrogens (tertiary/aromatic N) is 1.